The molecule has 7 N–H and O–H groups in total. The Morgan fingerprint density at radius 3 is 1.47 bits per heavy atom. The van der Waals surface area contributed by atoms with Gasteiger partial charge in [-0.3, -0.25) is 14.4 Å². The van der Waals surface area contributed by atoms with E-state index in [4.69, 9.17) is 43.6 Å². The summed E-state index contributed by atoms with van der Waals surface area (Å²) in [6.45, 7) is 16.1. The number of carbonyl (C=O) groups is 4. The second-order valence-electron chi connectivity index (χ2n) is 14.3. The van der Waals surface area contributed by atoms with Crippen LogP contribution in [0.1, 0.15) is 52.5 Å². The van der Waals surface area contributed by atoms with Gasteiger partial charge in [-0.05, 0) is 55.8 Å². The Bertz CT molecular complexity index is 1230. The molecule has 0 unspecified atom stereocenters. The van der Waals surface area contributed by atoms with Gasteiger partial charge in [0.1, 0.15) is 12.1 Å². The van der Waals surface area contributed by atoms with E-state index in [2.05, 4.69) is 40.4 Å². The van der Waals surface area contributed by atoms with Gasteiger partial charge >= 0.3 is 6.03 Å². The summed E-state index contributed by atoms with van der Waals surface area (Å²) in [6.07, 6.45) is 1.58. The Labute approximate surface area is 351 Å². The summed E-state index contributed by atoms with van der Waals surface area (Å²) < 4.78 is 43.8. The van der Waals surface area contributed by atoms with Crippen molar-refractivity contribution in [2.75, 3.05) is 131 Å². The van der Waals surface area contributed by atoms with E-state index >= 15 is 0 Å². The molecule has 2 atom stereocenters. The van der Waals surface area contributed by atoms with Gasteiger partial charge in [-0.2, -0.15) is 0 Å². The SMILES string of the molecule is CNCCOCCOCCOCCOCCOCCOCCOCCOCCC(=O)N[C@H](C(=O)N[C@@H](CCCNC(N)=O)C(=O)Nc1ccc(CC(C)C)cc1)C(C)C. The van der Waals surface area contributed by atoms with Gasteiger partial charge in [0, 0.05) is 25.2 Å². The second kappa shape index (κ2) is 36.4. The van der Waals surface area contributed by atoms with Gasteiger partial charge < -0.3 is 70.2 Å². The number of rotatable bonds is 39. The number of hydrogen-bond acceptors (Lipinski definition) is 13. The number of benzene rings is 1. The minimum Gasteiger partial charge on any atom is -0.379 e. The molecule has 1 aromatic rings. The molecule has 340 valence electrons. The summed E-state index contributed by atoms with van der Waals surface area (Å²) in [5.74, 6) is -1.03. The van der Waals surface area contributed by atoms with E-state index in [-0.39, 0.29) is 44.4 Å². The molecule has 0 aliphatic heterocycles. The van der Waals surface area contributed by atoms with E-state index < -0.39 is 29.9 Å². The van der Waals surface area contributed by atoms with Crippen molar-refractivity contribution in [1.29, 1.82) is 0 Å². The zero-order valence-corrected chi connectivity index (χ0v) is 36.2. The van der Waals surface area contributed by atoms with Gasteiger partial charge in [0.2, 0.25) is 17.7 Å². The fourth-order valence-electron chi connectivity index (χ4n) is 5.23. The molecule has 0 radical (unpaired) electrons. The van der Waals surface area contributed by atoms with Crippen LogP contribution < -0.4 is 32.3 Å². The molecular formula is C41H74N6O12. The van der Waals surface area contributed by atoms with Crippen molar-refractivity contribution >= 4 is 29.4 Å². The van der Waals surface area contributed by atoms with Crippen molar-refractivity contribution in [1.82, 2.24) is 21.3 Å². The minimum absolute atomic E-state index is 0.0395. The van der Waals surface area contributed by atoms with Gasteiger partial charge in [-0.25, -0.2) is 4.79 Å². The van der Waals surface area contributed by atoms with Crippen molar-refractivity contribution in [3.8, 4) is 0 Å². The average Bonchev–Trinajstić information content (AvgIpc) is 3.19. The molecule has 1 rings (SSSR count). The summed E-state index contributed by atoms with van der Waals surface area (Å²) in [6, 6.07) is 5.09. The number of carbonyl (C=O) groups excluding carboxylic acids is 4. The van der Waals surface area contributed by atoms with Gasteiger partial charge in [-0.1, -0.05) is 39.8 Å². The Kier molecular flexibility index (Phi) is 33.0. The molecule has 0 aliphatic carbocycles. The summed E-state index contributed by atoms with van der Waals surface area (Å²) in [5, 5.41) is 13.9. The molecule has 0 aliphatic rings. The summed E-state index contributed by atoms with van der Waals surface area (Å²) in [5.41, 5.74) is 6.92. The molecule has 18 nitrogen and oxygen atoms in total. The van der Waals surface area contributed by atoms with Gasteiger partial charge in [-0.15, -0.1) is 0 Å². The highest BCUT2D eigenvalue weighted by atomic mass is 16.6. The fraction of sp³-hybridized carbons (Fsp3) is 0.756. The van der Waals surface area contributed by atoms with Gasteiger partial charge in [0.05, 0.1) is 106 Å². The van der Waals surface area contributed by atoms with Crippen molar-refractivity contribution in [2.45, 2.75) is 65.5 Å². The van der Waals surface area contributed by atoms with Gasteiger partial charge in [0.25, 0.3) is 0 Å². The predicted molar refractivity (Wildman–Crippen MR) is 224 cm³/mol. The number of likely N-dealkylation sites (N-methyl/N-ethyl adjacent to an activating group) is 1. The summed E-state index contributed by atoms with van der Waals surface area (Å²) in [4.78, 5) is 50.6. The smallest absolute Gasteiger partial charge is 0.312 e. The van der Waals surface area contributed by atoms with E-state index in [1.54, 1.807) is 13.8 Å². The van der Waals surface area contributed by atoms with Crippen LogP contribution in [0.3, 0.4) is 0 Å². The maximum absolute atomic E-state index is 13.4. The fourth-order valence-corrected chi connectivity index (χ4v) is 5.23. The summed E-state index contributed by atoms with van der Waals surface area (Å²) in [7, 11) is 1.88. The first-order valence-corrected chi connectivity index (χ1v) is 20.8. The number of urea groups is 1. The first kappa shape index (κ1) is 53.6. The third kappa shape index (κ3) is 31.1. The maximum Gasteiger partial charge on any atom is 0.312 e. The molecule has 0 fully saturated rings. The Morgan fingerprint density at radius 1 is 0.593 bits per heavy atom. The van der Waals surface area contributed by atoms with Crippen LogP contribution in [0.4, 0.5) is 10.5 Å². The molecule has 18 heteroatoms. The highest BCUT2D eigenvalue weighted by Gasteiger charge is 2.29. The highest BCUT2D eigenvalue weighted by Crippen LogP contribution is 2.14. The molecular weight excluding hydrogens is 768 g/mol. The molecule has 0 saturated carbocycles. The lowest BCUT2D eigenvalue weighted by atomic mass is 10.0. The van der Waals surface area contributed by atoms with Crippen LogP contribution in [-0.2, 0) is 58.7 Å². The number of anilines is 1. The number of primary amides is 1. The van der Waals surface area contributed by atoms with Crippen molar-refractivity contribution in [3.63, 3.8) is 0 Å². The largest absolute Gasteiger partial charge is 0.379 e. The first-order valence-electron chi connectivity index (χ1n) is 20.8. The van der Waals surface area contributed by atoms with Crippen LogP contribution in [0.2, 0.25) is 0 Å². The zero-order chi connectivity index (χ0) is 43.4. The minimum atomic E-state index is -0.920. The quantitative estimate of drug-likeness (QED) is 0.0519. The van der Waals surface area contributed by atoms with Crippen molar-refractivity contribution in [3.05, 3.63) is 29.8 Å². The number of amides is 5. The molecule has 0 saturated heterocycles. The third-order valence-electron chi connectivity index (χ3n) is 8.31. The lowest BCUT2D eigenvalue weighted by molar-refractivity contribution is -0.132. The van der Waals surface area contributed by atoms with Crippen molar-refractivity contribution < 1.29 is 57.1 Å². The molecule has 0 heterocycles. The number of hydrogen-bond donors (Lipinski definition) is 6. The van der Waals surface area contributed by atoms with E-state index in [0.29, 0.717) is 111 Å². The second-order valence-corrected chi connectivity index (χ2v) is 14.3. The summed E-state index contributed by atoms with van der Waals surface area (Å²) >= 11 is 0. The lowest BCUT2D eigenvalue weighted by Gasteiger charge is -2.25. The molecule has 0 aromatic heterocycles. The van der Waals surface area contributed by atoms with Crippen LogP contribution in [0.25, 0.3) is 0 Å². The Balaban J connectivity index is 2.18. The van der Waals surface area contributed by atoms with E-state index in [1.165, 1.54) is 0 Å². The predicted octanol–water partition coefficient (Wildman–Crippen LogP) is 1.64. The van der Waals surface area contributed by atoms with Crippen LogP contribution in [0, 0.1) is 11.8 Å². The molecule has 0 bridgehead atoms. The van der Waals surface area contributed by atoms with Crippen LogP contribution in [0.5, 0.6) is 0 Å². The van der Waals surface area contributed by atoms with Crippen LogP contribution in [-0.4, -0.2) is 162 Å². The number of ether oxygens (including phenoxy) is 8. The number of nitrogens with two attached hydrogens (primary N) is 1. The van der Waals surface area contributed by atoms with Crippen LogP contribution in [0.15, 0.2) is 24.3 Å². The zero-order valence-electron chi connectivity index (χ0n) is 36.2. The third-order valence-corrected chi connectivity index (χ3v) is 8.31. The number of nitrogens with one attached hydrogen (secondary N) is 5. The molecule has 59 heavy (non-hydrogen) atoms. The Hall–Kier alpha value is -3.46. The first-order chi connectivity index (χ1) is 28.5. The van der Waals surface area contributed by atoms with Gasteiger partial charge in [0.15, 0.2) is 0 Å². The molecule has 5 amide bonds. The Morgan fingerprint density at radius 2 is 1.05 bits per heavy atom. The molecule has 0 spiro atoms. The molecule has 1 aromatic carbocycles. The lowest BCUT2D eigenvalue weighted by Crippen LogP contribution is -2.54. The maximum atomic E-state index is 13.4. The van der Waals surface area contributed by atoms with Crippen LogP contribution >= 0.6 is 0 Å². The van der Waals surface area contributed by atoms with E-state index in [9.17, 15) is 19.2 Å². The van der Waals surface area contributed by atoms with Crippen molar-refractivity contribution in [2.24, 2.45) is 17.6 Å². The monoisotopic (exact) mass is 843 g/mol. The highest BCUT2D eigenvalue weighted by molar-refractivity contribution is 5.98. The topological polar surface area (TPSA) is 228 Å². The van der Waals surface area contributed by atoms with E-state index in [0.717, 1.165) is 18.5 Å². The average molecular weight is 843 g/mol. The standard InChI is InChI=1S/C41H74N6O12/c1-32(2)31-34-8-10-35(11-9-34)45-39(49)36(7-6-13-44-41(42)51)46-40(50)38(33(3)4)47-37(48)12-15-52-17-19-54-21-23-56-25-27-58-29-30-59-28-26-57-24-22-55-20-18-53-16-14-43-5/h8-11,32-33,36,38,43H,6-7,12-31H2,1-5H3,(H,45,49)(H,46,50)(H,47,48)(H3,42,44,51)/t36-,38-/m0/s1. The van der Waals surface area contributed by atoms with E-state index in [1.807, 2.05) is 31.3 Å². The normalized spacial score (nSPS) is 12.4.